The molecule has 0 bridgehead atoms. The first kappa shape index (κ1) is 10.7. The third-order valence-corrected chi connectivity index (χ3v) is 5.05. The monoisotopic (exact) mass is 260 g/mol. The fourth-order valence-corrected chi connectivity index (χ4v) is 3.88. The number of hydrogen-bond donors (Lipinski definition) is 1. The van der Waals surface area contributed by atoms with Crippen LogP contribution in [0.15, 0.2) is 17.2 Å². The number of H-pyrrole nitrogens is 1. The van der Waals surface area contributed by atoms with Gasteiger partial charge in [0.15, 0.2) is 0 Å². The molecule has 0 unspecified atom stereocenters. The van der Waals surface area contributed by atoms with Crippen molar-refractivity contribution in [3.8, 4) is 0 Å². The Morgan fingerprint density at radius 3 is 3.06 bits per heavy atom. The highest BCUT2D eigenvalue weighted by Crippen LogP contribution is 2.49. The topological polar surface area (TPSA) is 44.8 Å². The predicted molar refractivity (Wildman–Crippen MR) is 70.3 cm³/mol. The van der Waals surface area contributed by atoms with Gasteiger partial charge in [-0.1, -0.05) is 0 Å². The third kappa shape index (κ3) is 1.40. The smallest absolute Gasteiger partial charge is 0.0926 e. The van der Waals surface area contributed by atoms with Gasteiger partial charge in [0, 0.05) is 30.6 Å². The van der Waals surface area contributed by atoms with Crippen LogP contribution in [0.25, 0.3) is 0 Å². The maximum Gasteiger partial charge on any atom is 0.0926 e. The van der Waals surface area contributed by atoms with Gasteiger partial charge < -0.3 is 4.98 Å². The zero-order valence-electron chi connectivity index (χ0n) is 10.2. The van der Waals surface area contributed by atoms with E-state index in [-0.39, 0.29) is 5.54 Å². The normalized spacial score (nSPS) is 21.8. The summed E-state index contributed by atoms with van der Waals surface area (Å²) in [6.07, 6.45) is 6.75. The molecule has 2 aliphatic rings. The second-order valence-corrected chi connectivity index (χ2v) is 5.98. The molecule has 0 radical (unpaired) electrons. The number of aromatic amines is 1. The van der Waals surface area contributed by atoms with Crippen LogP contribution in [0.4, 0.5) is 0 Å². The molecule has 0 atom stereocenters. The zero-order chi connectivity index (χ0) is 12.0. The molecule has 1 aliphatic heterocycles. The van der Waals surface area contributed by atoms with Crippen molar-refractivity contribution in [1.82, 2.24) is 19.9 Å². The van der Waals surface area contributed by atoms with Crippen LogP contribution < -0.4 is 0 Å². The summed E-state index contributed by atoms with van der Waals surface area (Å²) < 4.78 is 0. The Bertz CT molecular complexity index is 541. The molecule has 1 N–H and O–H groups in total. The Kier molecular flexibility index (Phi) is 2.32. The standard InChI is InChI=1S/C13H16N4S/c1-3-13(4-1)12-11(14-8-15-12)2-5-17(13)6-10-7-18-9-16-10/h7-9H,1-6H2,(H,14,15). The van der Waals surface area contributed by atoms with Crippen molar-refractivity contribution in [1.29, 1.82) is 0 Å². The molecule has 1 spiro atoms. The van der Waals surface area contributed by atoms with Crippen LogP contribution in [0.1, 0.15) is 36.3 Å². The van der Waals surface area contributed by atoms with E-state index in [1.165, 1.54) is 36.3 Å². The number of rotatable bonds is 2. The summed E-state index contributed by atoms with van der Waals surface area (Å²) in [7, 11) is 0. The van der Waals surface area contributed by atoms with Gasteiger partial charge in [-0.15, -0.1) is 11.3 Å². The molecule has 4 rings (SSSR count). The molecule has 3 heterocycles. The van der Waals surface area contributed by atoms with Gasteiger partial charge in [-0.25, -0.2) is 9.97 Å². The van der Waals surface area contributed by atoms with Crippen LogP contribution in [0.2, 0.25) is 0 Å². The van der Waals surface area contributed by atoms with Gasteiger partial charge in [0.2, 0.25) is 0 Å². The van der Waals surface area contributed by atoms with Gasteiger partial charge >= 0.3 is 0 Å². The van der Waals surface area contributed by atoms with Crippen LogP contribution >= 0.6 is 11.3 Å². The highest BCUT2D eigenvalue weighted by molar-refractivity contribution is 7.07. The maximum atomic E-state index is 4.60. The Morgan fingerprint density at radius 1 is 1.39 bits per heavy atom. The molecule has 1 fully saturated rings. The van der Waals surface area contributed by atoms with E-state index in [0.717, 1.165) is 19.5 Å². The van der Waals surface area contributed by atoms with Crippen molar-refractivity contribution in [2.75, 3.05) is 6.54 Å². The fraction of sp³-hybridized carbons (Fsp3) is 0.538. The lowest BCUT2D eigenvalue weighted by Gasteiger charge is -2.52. The summed E-state index contributed by atoms with van der Waals surface area (Å²) in [5, 5.41) is 2.16. The molecular formula is C13H16N4S. The van der Waals surface area contributed by atoms with Gasteiger partial charge in [0.25, 0.3) is 0 Å². The summed E-state index contributed by atoms with van der Waals surface area (Å²) >= 11 is 1.68. The summed E-state index contributed by atoms with van der Waals surface area (Å²) in [6.45, 7) is 2.09. The van der Waals surface area contributed by atoms with Gasteiger partial charge in [0.1, 0.15) is 0 Å². The van der Waals surface area contributed by atoms with Crippen LogP contribution in [0.5, 0.6) is 0 Å². The van der Waals surface area contributed by atoms with Crippen molar-refractivity contribution in [3.05, 3.63) is 34.3 Å². The molecule has 2 aromatic heterocycles. The van der Waals surface area contributed by atoms with E-state index in [1.807, 2.05) is 11.8 Å². The largest absolute Gasteiger partial charge is 0.348 e. The second kappa shape index (κ2) is 3.90. The molecule has 0 saturated heterocycles. The highest BCUT2D eigenvalue weighted by Gasteiger charge is 2.48. The molecule has 94 valence electrons. The molecule has 1 saturated carbocycles. The van der Waals surface area contributed by atoms with Crippen molar-refractivity contribution in [2.24, 2.45) is 0 Å². The van der Waals surface area contributed by atoms with Crippen molar-refractivity contribution < 1.29 is 0 Å². The number of hydrogen-bond acceptors (Lipinski definition) is 4. The highest BCUT2D eigenvalue weighted by atomic mass is 32.1. The molecular weight excluding hydrogens is 244 g/mol. The Hall–Kier alpha value is -1.20. The molecule has 1 aliphatic carbocycles. The molecule has 0 aromatic carbocycles. The lowest BCUT2D eigenvalue weighted by Crippen LogP contribution is -2.54. The van der Waals surface area contributed by atoms with Gasteiger partial charge in [0.05, 0.1) is 28.8 Å². The number of fused-ring (bicyclic) bond motifs is 2. The minimum atomic E-state index is 0.206. The van der Waals surface area contributed by atoms with E-state index in [4.69, 9.17) is 0 Å². The summed E-state index contributed by atoms with van der Waals surface area (Å²) in [6, 6.07) is 0. The minimum Gasteiger partial charge on any atom is -0.348 e. The van der Waals surface area contributed by atoms with E-state index >= 15 is 0 Å². The maximum absolute atomic E-state index is 4.60. The summed E-state index contributed by atoms with van der Waals surface area (Å²) in [5.41, 5.74) is 5.98. The summed E-state index contributed by atoms with van der Waals surface area (Å²) in [4.78, 5) is 14.9. The zero-order valence-corrected chi connectivity index (χ0v) is 11.0. The fourth-order valence-electron chi connectivity index (χ4n) is 3.33. The Morgan fingerprint density at radius 2 is 2.33 bits per heavy atom. The number of aromatic nitrogens is 3. The van der Waals surface area contributed by atoms with Gasteiger partial charge in [-0.05, 0) is 19.3 Å². The van der Waals surface area contributed by atoms with Crippen LogP contribution in [-0.4, -0.2) is 26.4 Å². The van der Waals surface area contributed by atoms with Crippen molar-refractivity contribution >= 4 is 11.3 Å². The van der Waals surface area contributed by atoms with Crippen LogP contribution in [-0.2, 0) is 18.5 Å². The number of nitrogens with zero attached hydrogens (tertiary/aromatic N) is 3. The number of thiazole rings is 1. The van der Waals surface area contributed by atoms with E-state index in [0.29, 0.717) is 0 Å². The van der Waals surface area contributed by atoms with E-state index in [2.05, 4.69) is 25.2 Å². The minimum absolute atomic E-state index is 0.206. The van der Waals surface area contributed by atoms with Crippen LogP contribution in [0.3, 0.4) is 0 Å². The lowest BCUT2D eigenvalue weighted by atomic mass is 9.70. The van der Waals surface area contributed by atoms with Gasteiger partial charge in [-0.2, -0.15) is 0 Å². The molecule has 5 heteroatoms. The van der Waals surface area contributed by atoms with E-state index in [1.54, 1.807) is 11.3 Å². The lowest BCUT2D eigenvalue weighted by molar-refractivity contribution is -0.00911. The number of nitrogens with one attached hydrogen (secondary N) is 1. The average molecular weight is 260 g/mol. The second-order valence-electron chi connectivity index (χ2n) is 5.27. The molecule has 0 amide bonds. The number of imidazole rings is 1. The molecule has 2 aromatic rings. The quantitative estimate of drug-likeness (QED) is 0.901. The van der Waals surface area contributed by atoms with E-state index in [9.17, 15) is 0 Å². The molecule has 4 nitrogen and oxygen atoms in total. The van der Waals surface area contributed by atoms with Crippen LogP contribution in [0, 0.1) is 0 Å². The van der Waals surface area contributed by atoms with Gasteiger partial charge in [-0.3, -0.25) is 4.90 Å². The summed E-state index contributed by atoms with van der Waals surface area (Å²) in [5.74, 6) is 0. The Balaban J connectivity index is 1.68. The molecule has 18 heavy (non-hydrogen) atoms. The van der Waals surface area contributed by atoms with E-state index < -0.39 is 0 Å². The third-order valence-electron chi connectivity index (χ3n) is 4.41. The van der Waals surface area contributed by atoms with Crippen molar-refractivity contribution in [2.45, 2.75) is 37.8 Å². The van der Waals surface area contributed by atoms with Crippen molar-refractivity contribution in [3.63, 3.8) is 0 Å². The SMILES string of the molecule is c1nc2c([nH]1)CCN(Cc1cscn1)C21CCC1. The average Bonchev–Trinajstić information content (AvgIpc) is 2.96. The predicted octanol–water partition coefficient (Wildman–Crippen LogP) is 2.30. The first-order valence-corrected chi connectivity index (χ1v) is 7.48. The Labute approximate surface area is 110 Å². The first-order chi connectivity index (χ1) is 8.88. The first-order valence-electron chi connectivity index (χ1n) is 6.53.